The first kappa shape index (κ1) is 17.8. The summed E-state index contributed by atoms with van der Waals surface area (Å²) in [6.07, 6.45) is 1.88. The standard InChI is InChI=1S/C14H19ClN2O3S/c1-14(20,9-21-2)8-17-12(18)7-16-13(19)10-3-5-11(15)6-4-10/h3-6,20H,7-9H2,1-2H3,(H,16,19)(H,17,18). The molecule has 1 aromatic carbocycles. The zero-order chi connectivity index (χ0) is 15.9. The summed E-state index contributed by atoms with van der Waals surface area (Å²) in [5.74, 6) is -0.180. The van der Waals surface area contributed by atoms with Crippen molar-refractivity contribution in [2.75, 3.05) is 25.1 Å². The van der Waals surface area contributed by atoms with Gasteiger partial charge in [-0.05, 0) is 37.4 Å². The summed E-state index contributed by atoms with van der Waals surface area (Å²) in [5.41, 5.74) is -0.531. The summed E-state index contributed by atoms with van der Waals surface area (Å²) in [4.78, 5) is 23.4. The van der Waals surface area contributed by atoms with Crippen molar-refractivity contribution in [3.05, 3.63) is 34.9 Å². The molecule has 0 aliphatic heterocycles. The molecule has 0 saturated heterocycles. The zero-order valence-electron chi connectivity index (χ0n) is 12.0. The minimum Gasteiger partial charge on any atom is -0.387 e. The number of amides is 2. The van der Waals surface area contributed by atoms with Crippen LogP contribution in [0.15, 0.2) is 24.3 Å². The van der Waals surface area contributed by atoms with Crippen LogP contribution in [0.3, 0.4) is 0 Å². The molecule has 0 aromatic heterocycles. The fourth-order valence-corrected chi connectivity index (χ4v) is 2.43. The van der Waals surface area contributed by atoms with Crippen LogP contribution in [-0.4, -0.2) is 47.6 Å². The van der Waals surface area contributed by atoms with E-state index in [0.717, 1.165) is 0 Å². The highest BCUT2D eigenvalue weighted by Gasteiger charge is 2.20. The van der Waals surface area contributed by atoms with E-state index in [-0.39, 0.29) is 24.9 Å². The summed E-state index contributed by atoms with van der Waals surface area (Å²) < 4.78 is 0. The summed E-state index contributed by atoms with van der Waals surface area (Å²) in [6.45, 7) is 1.65. The van der Waals surface area contributed by atoms with Gasteiger partial charge in [-0.15, -0.1) is 0 Å². The number of hydrogen-bond donors (Lipinski definition) is 3. The SMILES string of the molecule is CSCC(C)(O)CNC(=O)CNC(=O)c1ccc(Cl)cc1. The third-order valence-electron chi connectivity index (χ3n) is 2.64. The van der Waals surface area contributed by atoms with E-state index in [9.17, 15) is 14.7 Å². The minimum absolute atomic E-state index is 0.142. The van der Waals surface area contributed by atoms with Gasteiger partial charge >= 0.3 is 0 Å². The lowest BCUT2D eigenvalue weighted by Gasteiger charge is -2.22. The number of hydrogen-bond acceptors (Lipinski definition) is 4. The molecular weight excluding hydrogens is 312 g/mol. The van der Waals surface area contributed by atoms with Gasteiger partial charge in [-0.2, -0.15) is 11.8 Å². The first-order valence-corrected chi connectivity index (χ1v) is 8.13. The molecule has 21 heavy (non-hydrogen) atoms. The van der Waals surface area contributed by atoms with Crippen molar-refractivity contribution in [1.82, 2.24) is 10.6 Å². The number of thioether (sulfide) groups is 1. The van der Waals surface area contributed by atoms with Gasteiger partial charge in [0, 0.05) is 22.9 Å². The molecule has 2 amide bonds. The molecule has 0 spiro atoms. The molecule has 1 rings (SSSR count). The van der Waals surface area contributed by atoms with Gasteiger partial charge in [-0.3, -0.25) is 9.59 Å². The molecule has 0 heterocycles. The number of nitrogens with one attached hydrogen (secondary N) is 2. The monoisotopic (exact) mass is 330 g/mol. The lowest BCUT2D eigenvalue weighted by atomic mass is 10.1. The molecule has 1 aromatic rings. The normalized spacial score (nSPS) is 13.3. The molecule has 0 bridgehead atoms. The summed E-state index contributed by atoms with van der Waals surface area (Å²) in [7, 11) is 0. The molecule has 7 heteroatoms. The van der Waals surface area contributed by atoms with Gasteiger partial charge in [0.1, 0.15) is 0 Å². The van der Waals surface area contributed by atoms with E-state index >= 15 is 0 Å². The second-order valence-corrected chi connectivity index (χ2v) is 6.20. The zero-order valence-corrected chi connectivity index (χ0v) is 13.6. The number of rotatable bonds is 7. The van der Waals surface area contributed by atoms with E-state index in [1.165, 1.54) is 11.8 Å². The van der Waals surface area contributed by atoms with Crippen molar-refractivity contribution in [3.63, 3.8) is 0 Å². The molecule has 0 aliphatic rings. The smallest absolute Gasteiger partial charge is 0.251 e. The fraction of sp³-hybridized carbons (Fsp3) is 0.429. The van der Waals surface area contributed by atoms with Crippen molar-refractivity contribution in [2.45, 2.75) is 12.5 Å². The van der Waals surface area contributed by atoms with Gasteiger partial charge < -0.3 is 15.7 Å². The minimum atomic E-state index is -0.963. The molecule has 0 saturated carbocycles. The highest BCUT2D eigenvalue weighted by molar-refractivity contribution is 7.98. The van der Waals surface area contributed by atoms with E-state index in [1.54, 1.807) is 31.2 Å². The summed E-state index contributed by atoms with van der Waals surface area (Å²) in [6, 6.07) is 6.38. The highest BCUT2D eigenvalue weighted by atomic mass is 35.5. The average molecular weight is 331 g/mol. The second kappa shape index (κ2) is 8.26. The third kappa shape index (κ3) is 6.84. The molecule has 5 nitrogen and oxygen atoms in total. The van der Waals surface area contributed by atoms with Crippen LogP contribution in [0.5, 0.6) is 0 Å². The molecule has 1 unspecified atom stereocenters. The summed E-state index contributed by atoms with van der Waals surface area (Å²) in [5, 5.41) is 15.5. The second-order valence-electron chi connectivity index (χ2n) is 4.90. The first-order chi connectivity index (χ1) is 9.84. The van der Waals surface area contributed by atoms with E-state index in [4.69, 9.17) is 11.6 Å². The van der Waals surface area contributed by atoms with Crippen molar-refractivity contribution in [2.24, 2.45) is 0 Å². The molecule has 1 atom stereocenters. The highest BCUT2D eigenvalue weighted by Crippen LogP contribution is 2.09. The lowest BCUT2D eigenvalue weighted by Crippen LogP contribution is -2.45. The van der Waals surface area contributed by atoms with Crippen LogP contribution in [0.1, 0.15) is 17.3 Å². The van der Waals surface area contributed by atoms with Gasteiger partial charge in [-0.1, -0.05) is 11.6 Å². The van der Waals surface area contributed by atoms with Gasteiger partial charge in [-0.25, -0.2) is 0 Å². The Morgan fingerprint density at radius 3 is 2.48 bits per heavy atom. The van der Waals surface area contributed by atoms with E-state index < -0.39 is 5.60 Å². The Hall–Kier alpha value is -1.24. The van der Waals surface area contributed by atoms with Crippen molar-refractivity contribution < 1.29 is 14.7 Å². The van der Waals surface area contributed by atoms with E-state index in [0.29, 0.717) is 16.3 Å². The van der Waals surface area contributed by atoms with Crippen LogP contribution < -0.4 is 10.6 Å². The lowest BCUT2D eigenvalue weighted by molar-refractivity contribution is -0.121. The topological polar surface area (TPSA) is 78.4 Å². The summed E-state index contributed by atoms with van der Waals surface area (Å²) >= 11 is 7.23. The van der Waals surface area contributed by atoms with Crippen molar-refractivity contribution >= 4 is 35.2 Å². The Balaban J connectivity index is 2.36. The molecular formula is C14H19ClN2O3S. The van der Waals surface area contributed by atoms with Crippen LogP contribution in [0.25, 0.3) is 0 Å². The molecule has 0 aliphatic carbocycles. The number of carbonyl (C=O) groups is 2. The van der Waals surface area contributed by atoms with Crippen LogP contribution in [0, 0.1) is 0 Å². The largest absolute Gasteiger partial charge is 0.387 e. The van der Waals surface area contributed by atoms with Gasteiger partial charge in [0.05, 0.1) is 12.1 Å². The maximum atomic E-state index is 11.8. The predicted molar refractivity (Wildman–Crippen MR) is 85.8 cm³/mol. The van der Waals surface area contributed by atoms with E-state index in [1.807, 2.05) is 6.26 Å². The third-order valence-corrected chi connectivity index (χ3v) is 3.80. The van der Waals surface area contributed by atoms with Crippen LogP contribution in [-0.2, 0) is 4.79 Å². The van der Waals surface area contributed by atoms with Crippen molar-refractivity contribution in [3.8, 4) is 0 Å². The predicted octanol–water partition coefficient (Wildman–Crippen LogP) is 1.30. The average Bonchev–Trinajstić information content (AvgIpc) is 2.43. The van der Waals surface area contributed by atoms with Gasteiger partial charge in [0.15, 0.2) is 0 Å². The van der Waals surface area contributed by atoms with Crippen LogP contribution >= 0.6 is 23.4 Å². The maximum Gasteiger partial charge on any atom is 0.251 e. The van der Waals surface area contributed by atoms with Gasteiger partial charge in [0.2, 0.25) is 5.91 Å². The van der Waals surface area contributed by atoms with E-state index in [2.05, 4.69) is 10.6 Å². The molecule has 116 valence electrons. The fourth-order valence-electron chi connectivity index (χ4n) is 1.58. The maximum absolute atomic E-state index is 11.8. The van der Waals surface area contributed by atoms with Gasteiger partial charge in [0.25, 0.3) is 5.91 Å². The Kier molecular flexibility index (Phi) is 7.01. The Morgan fingerprint density at radius 1 is 1.29 bits per heavy atom. The molecule has 3 N–H and O–H groups in total. The number of benzene rings is 1. The first-order valence-electron chi connectivity index (χ1n) is 6.36. The molecule has 0 fully saturated rings. The molecule has 0 radical (unpaired) electrons. The number of aliphatic hydroxyl groups is 1. The van der Waals surface area contributed by atoms with Crippen LogP contribution in [0.4, 0.5) is 0 Å². The Bertz CT molecular complexity index is 491. The quantitative estimate of drug-likeness (QED) is 0.704. The Labute approximate surface area is 133 Å². The van der Waals surface area contributed by atoms with Crippen molar-refractivity contribution in [1.29, 1.82) is 0 Å². The number of halogens is 1. The Morgan fingerprint density at radius 2 is 1.90 bits per heavy atom. The number of carbonyl (C=O) groups excluding carboxylic acids is 2. The van der Waals surface area contributed by atoms with Crippen LogP contribution in [0.2, 0.25) is 5.02 Å².